The van der Waals surface area contributed by atoms with Gasteiger partial charge in [0.05, 0.1) is 0 Å². The van der Waals surface area contributed by atoms with E-state index in [1.807, 2.05) is 4.90 Å². The summed E-state index contributed by atoms with van der Waals surface area (Å²) in [7, 11) is 0. The van der Waals surface area contributed by atoms with Crippen molar-refractivity contribution in [1.82, 2.24) is 14.9 Å². The first kappa shape index (κ1) is 18.0. The summed E-state index contributed by atoms with van der Waals surface area (Å²) in [5.41, 5.74) is 0.779. The number of likely N-dealkylation sites (tertiary alicyclic amines) is 1. The van der Waals surface area contributed by atoms with Gasteiger partial charge in [-0.3, -0.25) is 9.78 Å². The molecule has 0 spiro atoms. The van der Waals surface area contributed by atoms with Crippen LogP contribution in [0.25, 0.3) is 0 Å². The van der Waals surface area contributed by atoms with E-state index in [2.05, 4.69) is 9.97 Å². The molecule has 1 aromatic carbocycles. The summed E-state index contributed by atoms with van der Waals surface area (Å²) in [6.07, 6.45) is 5.50. The SMILES string of the molecule is O=C(CCCl)N1CCCC(c2nccnc2Oc2ccc(Cl)cc2)C1. The van der Waals surface area contributed by atoms with Gasteiger partial charge in [-0.25, -0.2) is 4.98 Å². The van der Waals surface area contributed by atoms with Crippen LogP contribution in [-0.2, 0) is 4.79 Å². The highest BCUT2D eigenvalue weighted by atomic mass is 35.5. The number of nitrogens with zero attached hydrogens (tertiary/aromatic N) is 3. The first-order valence-corrected chi connectivity index (χ1v) is 9.16. The number of benzene rings is 1. The average Bonchev–Trinajstić information content (AvgIpc) is 2.64. The summed E-state index contributed by atoms with van der Waals surface area (Å²) in [6.45, 7) is 1.38. The predicted molar refractivity (Wildman–Crippen MR) is 97.5 cm³/mol. The van der Waals surface area contributed by atoms with Gasteiger partial charge in [0, 0.05) is 48.7 Å². The molecule has 0 radical (unpaired) electrons. The molecule has 1 saturated heterocycles. The van der Waals surface area contributed by atoms with E-state index in [0.29, 0.717) is 35.5 Å². The van der Waals surface area contributed by atoms with Crippen molar-refractivity contribution in [2.45, 2.75) is 25.2 Å². The van der Waals surface area contributed by atoms with Gasteiger partial charge in [-0.1, -0.05) is 11.6 Å². The lowest BCUT2D eigenvalue weighted by Crippen LogP contribution is -2.39. The zero-order valence-electron chi connectivity index (χ0n) is 13.7. The second kappa shape index (κ2) is 8.50. The molecule has 0 saturated carbocycles. The van der Waals surface area contributed by atoms with Crippen molar-refractivity contribution in [2.24, 2.45) is 0 Å². The van der Waals surface area contributed by atoms with Crippen molar-refractivity contribution in [3.8, 4) is 11.6 Å². The average molecular weight is 380 g/mol. The minimum absolute atomic E-state index is 0.0868. The summed E-state index contributed by atoms with van der Waals surface area (Å²) >= 11 is 11.6. The number of alkyl halides is 1. The molecule has 0 aliphatic carbocycles. The van der Waals surface area contributed by atoms with E-state index in [9.17, 15) is 4.79 Å². The molecule has 7 heteroatoms. The van der Waals surface area contributed by atoms with Gasteiger partial charge < -0.3 is 9.64 Å². The first-order valence-electron chi connectivity index (χ1n) is 8.25. The van der Waals surface area contributed by atoms with Gasteiger partial charge >= 0.3 is 0 Å². The van der Waals surface area contributed by atoms with Crippen molar-refractivity contribution in [1.29, 1.82) is 0 Å². The molecule has 1 unspecified atom stereocenters. The van der Waals surface area contributed by atoms with Crippen LogP contribution in [0.3, 0.4) is 0 Å². The Morgan fingerprint density at radius 2 is 2.00 bits per heavy atom. The third kappa shape index (κ3) is 4.61. The highest BCUT2D eigenvalue weighted by Gasteiger charge is 2.28. The van der Waals surface area contributed by atoms with Crippen LogP contribution in [-0.4, -0.2) is 39.7 Å². The Labute approximate surface area is 156 Å². The molecule has 25 heavy (non-hydrogen) atoms. The van der Waals surface area contributed by atoms with Gasteiger partial charge in [0.2, 0.25) is 11.8 Å². The van der Waals surface area contributed by atoms with Gasteiger partial charge in [-0.05, 0) is 37.1 Å². The fourth-order valence-corrected chi connectivity index (χ4v) is 3.26. The van der Waals surface area contributed by atoms with Crippen LogP contribution < -0.4 is 4.74 Å². The highest BCUT2D eigenvalue weighted by molar-refractivity contribution is 6.30. The van der Waals surface area contributed by atoms with Crippen LogP contribution in [0.4, 0.5) is 0 Å². The number of amides is 1. The summed E-state index contributed by atoms with van der Waals surface area (Å²) < 4.78 is 5.90. The molecule has 0 N–H and O–H groups in total. The number of hydrogen-bond acceptors (Lipinski definition) is 4. The maximum Gasteiger partial charge on any atom is 0.241 e. The molecule has 1 atom stereocenters. The maximum absolute atomic E-state index is 12.1. The molecule has 2 heterocycles. The third-order valence-electron chi connectivity index (χ3n) is 4.19. The van der Waals surface area contributed by atoms with E-state index in [4.69, 9.17) is 27.9 Å². The summed E-state index contributed by atoms with van der Waals surface area (Å²) in [6, 6.07) is 7.11. The smallest absolute Gasteiger partial charge is 0.241 e. The Bertz CT molecular complexity index is 725. The Balaban J connectivity index is 1.77. The molecular formula is C18H19Cl2N3O2. The van der Waals surface area contributed by atoms with Crippen molar-refractivity contribution in [2.75, 3.05) is 19.0 Å². The van der Waals surface area contributed by atoms with Crippen LogP contribution in [0, 0.1) is 0 Å². The molecule has 1 aromatic heterocycles. The van der Waals surface area contributed by atoms with Gasteiger partial charge in [0.15, 0.2) is 0 Å². The summed E-state index contributed by atoms with van der Waals surface area (Å²) in [4.78, 5) is 22.8. The zero-order chi connectivity index (χ0) is 17.6. The Morgan fingerprint density at radius 3 is 2.76 bits per heavy atom. The monoisotopic (exact) mass is 379 g/mol. The van der Waals surface area contributed by atoms with Crippen molar-refractivity contribution < 1.29 is 9.53 Å². The number of piperidine rings is 1. The molecular weight excluding hydrogens is 361 g/mol. The molecule has 1 aliphatic rings. The van der Waals surface area contributed by atoms with Gasteiger partial charge in [-0.15, -0.1) is 11.6 Å². The molecule has 0 bridgehead atoms. The minimum atomic E-state index is 0.0868. The predicted octanol–water partition coefficient (Wildman–Crippen LogP) is 4.26. The number of ether oxygens (including phenoxy) is 1. The zero-order valence-corrected chi connectivity index (χ0v) is 15.2. The van der Waals surface area contributed by atoms with Crippen LogP contribution in [0.5, 0.6) is 11.6 Å². The second-order valence-corrected chi connectivity index (χ2v) is 6.74. The van der Waals surface area contributed by atoms with E-state index < -0.39 is 0 Å². The molecule has 1 amide bonds. The number of rotatable bonds is 5. The van der Waals surface area contributed by atoms with E-state index in [-0.39, 0.29) is 11.8 Å². The summed E-state index contributed by atoms with van der Waals surface area (Å²) in [5, 5.41) is 0.646. The van der Waals surface area contributed by atoms with E-state index >= 15 is 0 Å². The summed E-state index contributed by atoms with van der Waals surface area (Å²) in [5.74, 6) is 1.65. The Kier molecular flexibility index (Phi) is 6.10. The topological polar surface area (TPSA) is 55.3 Å². The Morgan fingerprint density at radius 1 is 1.24 bits per heavy atom. The van der Waals surface area contributed by atoms with Gasteiger partial charge in [0.1, 0.15) is 11.4 Å². The van der Waals surface area contributed by atoms with Gasteiger partial charge in [-0.2, -0.15) is 0 Å². The maximum atomic E-state index is 12.1. The van der Waals surface area contributed by atoms with Crippen LogP contribution in [0.15, 0.2) is 36.7 Å². The quantitative estimate of drug-likeness (QED) is 0.728. The first-order chi connectivity index (χ1) is 12.2. The number of aromatic nitrogens is 2. The van der Waals surface area contributed by atoms with Crippen LogP contribution in [0.1, 0.15) is 30.9 Å². The van der Waals surface area contributed by atoms with Crippen molar-refractivity contribution >= 4 is 29.1 Å². The van der Waals surface area contributed by atoms with E-state index in [1.54, 1.807) is 36.7 Å². The standard InChI is InChI=1S/C18H19Cl2N3O2/c19-8-7-16(24)23-11-1-2-13(12-23)17-18(22-10-9-21-17)25-15-5-3-14(20)4-6-15/h3-6,9-10,13H,1-2,7-8,11-12H2. The number of carbonyl (C=O) groups excluding carboxylic acids is 1. The van der Waals surface area contributed by atoms with Crippen LogP contribution >= 0.6 is 23.2 Å². The van der Waals surface area contributed by atoms with Crippen molar-refractivity contribution in [3.63, 3.8) is 0 Å². The van der Waals surface area contributed by atoms with E-state index in [1.165, 1.54) is 0 Å². The second-order valence-electron chi connectivity index (χ2n) is 5.92. The molecule has 1 aliphatic heterocycles. The largest absolute Gasteiger partial charge is 0.437 e. The molecule has 2 aromatic rings. The highest BCUT2D eigenvalue weighted by Crippen LogP contribution is 2.33. The molecule has 1 fully saturated rings. The lowest BCUT2D eigenvalue weighted by atomic mass is 9.94. The fraction of sp³-hybridized carbons (Fsp3) is 0.389. The third-order valence-corrected chi connectivity index (χ3v) is 4.63. The lowest BCUT2D eigenvalue weighted by molar-refractivity contribution is -0.132. The minimum Gasteiger partial charge on any atom is -0.437 e. The number of carbonyl (C=O) groups is 1. The normalized spacial score (nSPS) is 17.4. The van der Waals surface area contributed by atoms with Gasteiger partial charge in [0.25, 0.3) is 0 Å². The lowest BCUT2D eigenvalue weighted by Gasteiger charge is -2.32. The molecule has 3 rings (SSSR count). The van der Waals surface area contributed by atoms with Crippen molar-refractivity contribution in [3.05, 3.63) is 47.4 Å². The molecule has 5 nitrogen and oxygen atoms in total. The van der Waals surface area contributed by atoms with E-state index in [0.717, 1.165) is 25.1 Å². The fourth-order valence-electron chi connectivity index (χ4n) is 2.97. The molecule has 132 valence electrons. The Hall–Kier alpha value is -1.85. The number of hydrogen-bond donors (Lipinski definition) is 0. The number of halogens is 2. The van der Waals surface area contributed by atoms with Crippen LogP contribution in [0.2, 0.25) is 5.02 Å².